The Morgan fingerprint density at radius 3 is 2.32 bits per heavy atom. The number of aromatic nitrogens is 4. The van der Waals surface area contributed by atoms with Gasteiger partial charge < -0.3 is 4.90 Å². The second-order valence-electron chi connectivity index (χ2n) is 5.75. The zero-order valence-electron chi connectivity index (χ0n) is 12.5. The summed E-state index contributed by atoms with van der Waals surface area (Å²) in [6, 6.07) is 14.2. The minimum absolute atomic E-state index is 0.789. The molecule has 0 spiro atoms. The average Bonchev–Trinajstić information content (AvgIpc) is 2.80. The first-order chi connectivity index (χ1) is 10.9. The van der Waals surface area contributed by atoms with Gasteiger partial charge >= 0.3 is 0 Å². The molecule has 0 amide bonds. The maximum absolute atomic E-state index is 4.79. The SMILES string of the molecule is c1ccc(-c2nnc3ccc(N4CCCCCC4)nn23)cc1. The van der Waals surface area contributed by atoms with E-state index in [0.717, 1.165) is 35.9 Å². The van der Waals surface area contributed by atoms with E-state index in [4.69, 9.17) is 5.10 Å². The van der Waals surface area contributed by atoms with E-state index < -0.39 is 0 Å². The van der Waals surface area contributed by atoms with Crippen LogP contribution in [-0.2, 0) is 0 Å². The molecular formula is C17H19N5. The second kappa shape index (κ2) is 5.75. The Balaban J connectivity index is 1.76. The maximum Gasteiger partial charge on any atom is 0.185 e. The van der Waals surface area contributed by atoms with Crippen molar-refractivity contribution in [2.45, 2.75) is 25.7 Å². The van der Waals surface area contributed by atoms with Gasteiger partial charge in [0.15, 0.2) is 11.5 Å². The number of fused-ring (bicyclic) bond motifs is 1. The predicted molar refractivity (Wildman–Crippen MR) is 86.9 cm³/mol. The fourth-order valence-corrected chi connectivity index (χ4v) is 3.01. The normalized spacial score (nSPS) is 15.9. The third kappa shape index (κ3) is 2.43. The summed E-state index contributed by atoms with van der Waals surface area (Å²) in [7, 11) is 0. The van der Waals surface area contributed by atoms with E-state index in [1.165, 1.54) is 25.7 Å². The molecule has 0 unspecified atom stereocenters. The number of nitrogens with zero attached hydrogens (tertiary/aromatic N) is 5. The Kier molecular flexibility index (Phi) is 3.46. The molecular weight excluding hydrogens is 274 g/mol. The molecule has 1 fully saturated rings. The van der Waals surface area contributed by atoms with Gasteiger partial charge in [0.25, 0.3) is 0 Å². The van der Waals surface area contributed by atoms with Gasteiger partial charge in [-0.3, -0.25) is 0 Å². The van der Waals surface area contributed by atoms with E-state index >= 15 is 0 Å². The lowest BCUT2D eigenvalue weighted by atomic mass is 10.2. The predicted octanol–water partition coefficient (Wildman–Crippen LogP) is 3.17. The summed E-state index contributed by atoms with van der Waals surface area (Å²) in [6.45, 7) is 2.17. The second-order valence-corrected chi connectivity index (χ2v) is 5.75. The summed E-state index contributed by atoms with van der Waals surface area (Å²) in [4.78, 5) is 2.38. The number of hydrogen-bond acceptors (Lipinski definition) is 4. The highest BCUT2D eigenvalue weighted by molar-refractivity contribution is 5.59. The molecule has 3 heterocycles. The van der Waals surface area contributed by atoms with Crippen molar-refractivity contribution < 1.29 is 0 Å². The van der Waals surface area contributed by atoms with Crippen LogP contribution in [-0.4, -0.2) is 32.9 Å². The molecule has 0 atom stereocenters. The van der Waals surface area contributed by atoms with Crippen LogP contribution in [0.5, 0.6) is 0 Å². The molecule has 1 aliphatic heterocycles. The third-order valence-electron chi connectivity index (χ3n) is 4.21. The highest BCUT2D eigenvalue weighted by atomic mass is 15.4. The van der Waals surface area contributed by atoms with E-state index in [2.05, 4.69) is 21.2 Å². The third-order valence-corrected chi connectivity index (χ3v) is 4.21. The molecule has 0 radical (unpaired) electrons. The molecule has 1 aliphatic rings. The summed E-state index contributed by atoms with van der Waals surface area (Å²) >= 11 is 0. The van der Waals surface area contributed by atoms with Crippen molar-refractivity contribution in [2.24, 2.45) is 0 Å². The Morgan fingerprint density at radius 2 is 1.55 bits per heavy atom. The molecule has 0 bridgehead atoms. The van der Waals surface area contributed by atoms with Crippen LogP contribution in [0.25, 0.3) is 17.0 Å². The van der Waals surface area contributed by atoms with Crippen molar-refractivity contribution in [2.75, 3.05) is 18.0 Å². The van der Waals surface area contributed by atoms with Crippen molar-refractivity contribution in [3.63, 3.8) is 0 Å². The Labute approximate surface area is 129 Å². The molecule has 22 heavy (non-hydrogen) atoms. The average molecular weight is 293 g/mol. The van der Waals surface area contributed by atoms with Crippen molar-refractivity contribution >= 4 is 11.5 Å². The van der Waals surface area contributed by atoms with E-state index in [1.807, 2.05) is 40.9 Å². The van der Waals surface area contributed by atoms with Crippen molar-refractivity contribution in [1.82, 2.24) is 19.8 Å². The molecule has 1 saturated heterocycles. The van der Waals surface area contributed by atoms with E-state index in [0.29, 0.717) is 0 Å². The van der Waals surface area contributed by atoms with Crippen LogP contribution < -0.4 is 4.90 Å². The van der Waals surface area contributed by atoms with Gasteiger partial charge in [0, 0.05) is 18.7 Å². The van der Waals surface area contributed by atoms with Gasteiger partial charge in [-0.2, -0.15) is 4.52 Å². The monoisotopic (exact) mass is 293 g/mol. The number of rotatable bonds is 2. The van der Waals surface area contributed by atoms with Gasteiger partial charge in [0.2, 0.25) is 0 Å². The Bertz CT molecular complexity index is 757. The van der Waals surface area contributed by atoms with Gasteiger partial charge in [-0.25, -0.2) is 0 Å². The largest absolute Gasteiger partial charge is 0.355 e. The van der Waals surface area contributed by atoms with Crippen molar-refractivity contribution in [3.8, 4) is 11.4 Å². The van der Waals surface area contributed by atoms with Crippen LogP contribution >= 0.6 is 0 Å². The molecule has 0 aliphatic carbocycles. The fourth-order valence-electron chi connectivity index (χ4n) is 3.01. The van der Waals surface area contributed by atoms with E-state index in [1.54, 1.807) is 0 Å². The molecule has 2 aromatic heterocycles. The highest BCUT2D eigenvalue weighted by Crippen LogP contribution is 2.21. The number of hydrogen-bond donors (Lipinski definition) is 0. The lowest BCUT2D eigenvalue weighted by Gasteiger charge is -2.21. The maximum atomic E-state index is 4.79. The first-order valence-electron chi connectivity index (χ1n) is 7.95. The summed E-state index contributed by atoms with van der Waals surface area (Å²) in [5.74, 6) is 1.82. The first kappa shape index (κ1) is 13.2. The molecule has 1 aromatic carbocycles. The van der Waals surface area contributed by atoms with Crippen LogP contribution in [0.4, 0.5) is 5.82 Å². The minimum Gasteiger partial charge on any atom is -0.355 e. The Hall–Kier alpha value is -2.43. The topological polar surface area (TPSA) is 46.3 Å². The minimum atomic E-state index is 0.789. The quantitative estimate of drug-likeness (QED) is 0.728. The number of anilines is 1. The zero-order valence-corrected chi connectivity index (χ0v) is 12.5. The molecule has 0 saturated carbocycles. The lowest BCUT2D eigenvalue weighted by molar-refractivity contribution is 0.726. The zero-order chi connectivity index (χ0) is 14.8. The van der Waals surface area contributed by atoms with Gasteiger partial charge in [-0.05, 0) is 25.0 Å². The summed E-state index contributed by atoms with van der Waals surface area (Å²) in [5.41, 5.74) is 1.83. The van der Waals surface area contributed by atoms with Crippen LogP contribution in [0, 0.1) is 0 Å². The first-order valence-corrected chi connectivity index (χ1v) is 7.95. The summed E-state index contributed by atoms with van der Waals surface area (Å²) < 4.78 is 1.86. The van der Waals surface area contributed by atoms with E-state index in [9.17, 15) is 0 Å². The molecule has 5 nitrogen and oxygen atoms in total. The van der Waals surface area contributed by atoms with Gasteiger partial charge in [0.05, 0.1) is 0 Å². The smallest absolute Gasteiger partial charge is 0.185 e. The van der Waals surface area contributed by atoms with Crippen LogP contribution in [0.2, 0.25) is 0 Å². The molecule has 3 aromatic rings. The van der Waals surface area contributed by atoms with Crippen molar-refractivity contribution in [1.29, 1.82) is 0 Å². The van der Waals surface area contributed by atoms with E-state index in [-0.39, 0.29) is 0 Å². The van der Waals surface area contributed by atoms with Gasteiger partial charge in [0.1, 0.15) is 5.82 Å². The summed E-state index contributed by atoms with van der Waals surface area (Å²) in [6.07, 6.45) is 5.13. The van der Waals surface area contributed by atoms with Crippen LogP contribution in [0.1, 0.15) is 25.7 Å². The fraction of sp³-hybridized carbons (Fsp3) is 0.353. The molecule has 0 N–H and O–H groups in total. The summed E-state index contributed by atoms with van der Waals surface area (Å²) in [5, 5.41) is 13.3. The van der Waals surface area contributed by atoms with Gasteiger partial charge in [-0.1, -0.05) is 43.2 Å². The molecule has 4 rings (SSSR count). The van der Waals surface area contributed by atoms with Crippen LogP contribution in [0.3, 0.4) is 0 Å². The lowest BCUT2D eigenvalue weighted by Crippen LogP contribution is -2.25. The Morgan fingerprint density at radius 1 is 0.773 bits per heavy atom. The van der Waals surface area contributed by atoms with Gasteiger partial charge in [-0.15, -0.1) is 15.3 Å². The number of benzene rings is 1. The standard InChI is InChI=1S/C17H19N5/c1-2-7-13-21(12-6-1)16-11-10-15-18-19-17(22(15)20-16)14-8-4-3-5-9-14/h3-5,8-11H,1-2,6-7,12-13H2. The molecule has 5 heteroatoms. The highest BCUT2D eigenvalue weighted by Gasteiger charge is 2.14. The molecule has 112 valence electrons. The van der Waals surface area contributed by atoms with Crippen molar-refractivity contribution in [3.05, 3.63) is 42.5 Å². The van der Waals surface area contributed by atoms with Crippen LogP contribution in [0.15, 0.2) is 42.5 Å².